The maximum atomic E-state index is 10.9. The third kappa shape index (κ3) is 10.4. The first-order chi connectivity index (χ1) is 7.74. The zero-order chi connectivity index (χ0) is 13.5. The summed E-state index contributed by atoms with van der Waals surface area (Å²) in [5, 5.41) is 0. The average molecular weight is 267 g/mol. The van der Waals surface area contributed by atoms with E-state index in [0.29, 0.717) is 5.78 Å². The number of nitrogens with one attached hydrogen (secondary N) is 1. The van der Waals surface area contributed by atoms with Gasteiger partial charge in [0.25, 0.3) is 0 Å². The lowest BCUT2D eigenvalue weighted by atomic mass is 10.1. The fraction of sp³-hybridized carbons (Fsp3) is 0.900. The van der Waals surface area contributed by atoms with Gasteiger partial charge in [-0.15, -0.1) is 0 Å². The molecule has 6 nitrogen and oxygen atoms in total. The van der Waals surface area contributed by atoms with Crippen LogP contribution in [0.3, 0.4) is 0 Å². The first-order valence-electron chi connectivity index (χ1n) is 5.61. The van der Waals surface area contributed by atoms with Crippen LogP contribution in [0.4, 0.5) is 0 Å². The molecule has 0 unspecified atom stereocenters. The average Bonchev–Trinajstić information content (AvgIpc) is 2.21. The lowest BCUT2D eigenvalue weighted by Crippen LogP contribution is -3.13. The maximum Gasteiger partial charge on any atom is 0.217 e. The Morgan fingerprint density at radius 2 is 1.76 bits per heavy atom. The molecule has 7 heteroatoms. The predicted octanol–water partition coefficient (Wildman–Crippen LogP) is -1.02. The molecule has 0 atom stereocenters. The molecule has 1 saturated heterocycles. The number of hydrogen-bond acceptors (Lipinski definition) is 5. The molecule has 0 radical (unpaired) electrons. The highest BCUT2D eigenvalue weighted by molar-refractivity contribution is 7.80. The summed E-state index contributed by atoms with van der Waals surface area (Å²) in [5.74, 6) is 1.22. The second kappa shape index (κ2) is 7.75. The minimum absolute atomic E-state index is 0.456. The van der Waals surface area contributed by atoms with Crippen molar-refractivity contribution in [2.45, 2.75) is 26.7 Å². The van der Waals surface area contributed by atoms with Gasteiger partial charge in [-0.3, -0.25) is 8.98 Å². The van der Waals surface area contributed by atoms with Gasteiger partial charge in [0, 0.05) is 5.92 Å². The summed E-state index contributed by atoms with van der Waals surface area (Å²) < 4.78 is 31.0. The number of likely N-dealkylation sites (tertiary alicyclic amines) is 1. The van der Waals surface area contributed by atoms with E-state index < -0.39 is 10.4 Å². The Bertz CT molecular complexity index is 316. The van der Waals surface area contributed by atoms with Crippen molar-refractivity contribution >= 4 is 16.2 Å². The minimum Gasteiger partial charge on any atom is -0.726 e. The maximum absolute atomic E-state index is 10.9. The van der Waals surface area contributed by atoms with E-state index in [1.807, 2.05) is 0 Å². The SMILES string of the molecule is CC(C)C[NH+]1CCC(=O)CC1.COS(=O)(=O)[O-]. The van der Waals surface area contributed by atoms with Gasteiger partial charge in [0.05, 0.1) is 39.6 Å². The van der Waals surface area contributed by atoms with Crippen molar-refractivity contribution in [1.29, 1.82) is 0 Å². The fourth-order valence-corrected chi connectivity index (χ4v) is 1.66. The fourth-order valence-electron chi connectivity index (χ4n) is 1.66. The van der Waals surface area contributed by atoms with E-state index in [1.54, 1.807) is 4.90 Å². The summed E-state index contributed by atoms with van der Waals surface area (Å²) in [4.78, 5) is 12.5. The van der Waals surface area contributed by atoms with E-state index in [2.05, 4.69) is 18.0 Å². The zero-order valence-corrected chi connectivity index (χ0v) is 11.4. The van der Waals surface area contributed by atoms with Crippen molar-refractivity contribution in [3.8, 4) is 0 Å². The van der Waals surface area contributed by atoms with E-state index in [4.69, 9.17) is 0 Å². The summed E-state index contributed by atoms with van der Waals surface area (Å²) in [6.07, 6.45) is 1.62. The lowest BCUT2D eigenvalue weighted by molar-refractivity contribution is -0.904. The van der Waals surface area contributed by atoms with Gasteiger partial charge in [0.15, 0.2) is 0 Å². The number of carbonyl (C=O) groups is 1. The Hall–Kier alpha value is -0.500. The second-order valence-electron chi connectivity index (χ2n) is 4.46. The molecule has 1 fully saturated rings. The van der Waals surface area contributed by atoms with Crippen LogP contribution in [0.2, 0.25) is 0 Å². The molecule has 1 N–H and O–H groups in total. The molecule has 0 aromatic carbocycles. The molecule has 0 bridgehead atoms. The number of Topliss-reactive ketones (excluding diaryl/α,β-unsaturated/α-hetero) is 1. The molecule has 0 spiro atoms. The van der Waals surface area contributed by atoms with Crippen molar-refractivity contribution in [1.82, 2.24) is 0 Å². The Balaban J connectivity index is 0.000000366. The molecule has 17 heavy (non-hydrogen) atoms. The van der Waals surface area contributed by atoms with Gasteiger partial charge in [-0.1, -0.05) is 13.8 Å². The van der Waals surface area contributed by atoms with Gasteiger partial charge in [-0.2, -0.15) is 0 Å². The van der Waals surface area contributed by atoms with Crippen molar-refractivity contribution in [3.63, 3.8) is 0 Å². The van der Waals surface area contributed by atoms with Gasteiger partial charge < -0.3 is 9.45 Å². The first-order valence-corrected chi connectivity index (χ1v) is 6.94. The number of piperidine rings is 1. The molecule has 1 heterocycles. The van der Waals surface area contributed by atoms with Gasteiger partial charge >= 0.3 is 0 Å². The molecular weight excluding hydrogens is 246 g/mol. The lowest BCUT2D eigenvalue weighted by Gasteiger charge is -2.24. The summed E-state index contributed by atoms with van der Waals surface area (Å²) in [6, 6.07) is 0. The predicted molar refractivity (Wildman–Crippen MR) is 61.3 cm³/mol. The van der Waals surface area contributed by atoms with Crippen LogP contribution in [0.1, 0.15) is 26.7 Å². The highest BCUT2D eigenvalue weighted by atomic mass is 32.3. The molecule has 0 aromatic rings. The summed E-state index contributed by atoms with van der Waals surface area (Å²) in [7, 11) is -3.60. The van der Waals surface area contributed by atoms with E-state index in [1.165, 1.54) is 6.54 Å². The molecule has 0 aromatic heterocycles. The topological polar surface area (TPSA) is 87.9 Å². The number of quaternary nitrogens is 1. The molecule has 0 amide bonds. The first kappa shape index (κ1) is 16.5. The smallest absolute Gasteiger partial charge is 0.217 e. The molecular formula is C10H21NO5S. The summed E-state index contributed by atoms with van der Waals surface area (Å²) in [5.41, 5.74) is 0. The molecule has 1 aliphatic rings. The molecule has 0 saturated carbocycles. The van der Waals surface area contributed by atoms with Crippen LogP contribution >= 0.6 is 0 Å². The summed E-state index contributed by atoms with van der Waals surface area (Å²) in [6.45, 7) is 7.84. The van der Waals surface area contributed by atoms with Gasteiger partial charge in [-0.05, 0) is 0 Å². The van der Waals surface area contributed by atoms with Crippen LogP contribution in [0, 0.1) is 5.92 Å². The van der Waals surface area contributed by atoms with Crippen LogP contribution in [0.15, 0.2) is 0 Å². The van der Waals surface area contributed by atoms with E-state index in [-0.39, 0.29) is 0 Å². The summed E-state index contributed by atoms with van der Waals surface area (Å²) >= 11 is 0. The highest BCUT2D eigenvalue weighted by Gasteiger charge is 2.19. The Morgan fingerprint density at radius 3 is 2.06 bits per heavy atom. The van der Waals surface area contributed by atoms with Crippen molar-refractivity contribution in [2.24, 2.45) is 5.92 Å². The van der Waals surface area contributed by atoms with E-state index in [9.17, 15) is 17.8 Å². The van der Waals surface area contributed by atoms with Crippen LogP contribution < -0.4 is 4.90 Å². The third-order valence-electron chi connectivity index (χ3n) is 2.42. The van der Waals surface area contributed by atoms with Crippen molar-refractivity contribution < 1.29 is 26.8 Å². The highest BCUT2D eigenvalue weighted by Crippen LogP contribution is 1.92. The van der Waals surface area contributed by atoms with Gasteiger partial charge in [-0.25, -0.2) is 8.42 Å². The van der Waals surface area contributed by atoms with Gasteiger partial charge in [0.1, 0.15) is 5.78 Å². The third-order valence-corrected chi connectivity index (χ3v) is 2.82. The Morgan fingerprint density at radius 1 is 1.35 bits per heavy atom. The molecule has 1 rings (SSSR count). The van der Waals surface area contributed by atoms with Crippen LogP contribution in [-0.2, 0) is 19.4 Å². The monoisotopic (exact) mass is 267 g/mol. The quantitative estimate of drug-likeness (QED) is 0.522. The second-order valence-corrected chi connectivity index (χ2v) is 5.61. The van der Waals surface area contributed by atoms with Crippen LogP contribution in [-0.4, -0.2) is 45.5 Å². The van der Waals surface area contributed by atoms with E-state index in [0.717, 1.165) is 39.0 Å². The number of ketones is 1. The molecule has 0 aliphatic carbocycles. The number of carbonyl (C=O) groups excluding carboxylic acids is 1. The molecule has 102 valence electrons. The van der Waals surface area contributed by atoms with Crippen molar-refractivity contribution in [2.75, 3.05) is 26.7 Å². The number of hydrogen-bond donors (Lipinski definition) is 1. The number of rotatable bonds is 3. The van der Waals surface area contributed by atoms with Crippen LogP contribution in [0.25, 0.3) is 0 Å². The Kier molecular flexibility index (Phi) is 7.53. The van der Waals surface area contributed by atoms with Crippen LogP contribution in [0.5, 0.6) is 0 Å². The Labute approximate surface area is 103 Å². The minimum atomic E-state index is -4.41. The van der Waals surface area contributed by atoms with Gasteiger partial charge in [0.2, 0.25) is 10.4 Å². The molecule has 1 aliphatic heterocycles. The van der Waals surface area contributed by atoms with E-state index >= 15 is 0 Å². The largest absolute Gasteiger partial charge is 0.726 e. The normalized spacial score (nSPS) is 17.8. The zero-order valence-electron chi connectivity index (χ0n) is 10.6. The van der Waals surface area contributed by atoms with Crippen molar-refractivity contribution in [3.05, 3.63) is 0 Å². The standard InChI is InChI=1S/C9H17NO.CH4O4S/c1-8(2)7-10-5-3-9(11)4-6-10;1-5-6(2,3)4/h8H,3-7H2,1-2H3;1H3,(H,2,3,4).